The summed E-state index contributed by atoms with van der Waals surface area (Å²) >= 11 is 1.69. The van der Waals surface area contributed by atoms with Crippen molar-refractivity contribution >= 4 is 23.4 Å². The lowest BCUT2D eigenvalue weighted by molar-refractivity contribution is -0.117. The first-order valence-corrected chi connectivity index (χ1v) is 10.6. The Morgan fingerprint density at radius 3 is 2.69 bits per heavy atom. The number of dihydropyridines is 1. The van der Waals surface area contributed by atoms with Gasteiger partial charge in [-0.2, -0.15) is 0 Å². The van der Waals surface area contributed by atoms with Crippen LogP contribution >= 0.6 is 11.8 Å². The number of anilines is 1. The summed E-state index contributed by atoms with van der Waals surface area (Å²) in [6.07, 6.45) is 3.82. The molecule has 0 unspecified atom stereocenters. The number of nitrogens with one attached hydrogen (secondary N) is 2. The number of hydrogen-bond donors (Lipinski definition) is 2. The van der Waals surface area contributed by atoms with Gasteiger partial charge in [-0.05, 0) is 54.3 Å². The van der Waals surface area contributed by atoms with Crippen LogP contribution in [0.15, 0.2) is 76.7 Å². The molecule has 0 aromatic heterocycles. The molecule has 0 saturated heterocycles. The van der Waals surface area contributed by atoms with Crippen LogP contribution < -0.4 is 15.5 Å². The topological polar surface area (TPSA) is 53.6 Å². The minimum atomic E-state index is -0.269. The molecule has 29 heavy (non-hydrogen) atoms. The zero-order valence-corrected chi connectivity index (χ0v) is 16.9. The Morgan fingerprint density at radius 1 is 1.21 bits per heavy atom. The average Bonchev–Trinajstić information content (AvgIpc) is 2.77. The van der Waals surface area contributed by atoms with E-state index in [-0.39, 0.29) is 11.7 Å². The van der Waals surface area contributed by atoms with Gasteiger partial charge >= 0.3 is 0 Å². The number of halogens is 1. The van der Waals surface area contributed by atoms with Crippen LogP contribution in [-0.2, 0) is 16.1 Å². The number of allylic oxidation sites excluding steroid dienone is 1. The van der Waals surface area contributed by atoms with Gasteiger partial charge in [-0.1, -0.05) is 12.1 Å². The molecule has 0 aliphatic carbocycles. The molecule has 2 N–H and O–H groups in total. The molecule has 0 spiro atoms. The number of nitrogens with zero attached hydrogens (tertiary/aromatic N) is 1. The highest BCUT2D eigenvalue weighted by molar-refractivity contribution is 7.98. The first-order valence-electron chi connectivity index (χ1n) is 9.40. The maximum Gasteiger partial charge on any atom is 0.249 e. The molecule has 150 valence electrons. The third-order valence-corrected chi connectivity index (χ3v) is 5.61. The third-order valence-electron chi connectivity index (χ3n) is 4.87. The lowest BCUT2D eigenvalue weighted by Gasteiger charge is -2.35. The van der Waals surface area contributed by atoms with Crippen molar-refractivity contribution in [1.82, 2.24) is 10.6 Å². The molecule has 0 saturated carbocycles. The smallest absolute Gasteiger partial charge is 0.249 e. The molecule has 4 rings (SSSR count). The van der Waals surface area contributed by atoms with E-state index in [0.29, 0.717) is 37.6 Å². The summed E-state index contributed by atoms with van der Waals surface area (Å²) in [5.41, 5.74) is 2.55. The van der Waals surface area contributed by atoms with Crippen LogP contribution in [0.3, 0.4) is 0 Å². The fourth-order valence-electron chi connectivity index (χ4n) is 3.31. The van der Waals surface area contributed by atoms with E-state index >= 15 is 0 Å². The molecule has 2 heterocycles. The van der Waals surface area contributed by atoms with E-state index in [1.54, 1.807) is 30.0 Å². The predicted octanol–water partition coefficient (Wildman–Crippen LogP) is 3.40. The molecule has 0 atom stereocenters. The highest BCUT2D eigenvalue weighted by Gasteiger charge is 2.27. The third kappa shape index (κ3) is 4.40. The van der Waals surface area contributed by atoms with Crippen molar-refractivity contribution < 1.29 is 13.9 Å². The number of amides is 1. The van der Waals surface area contributed by atoms with Gasteiger partial charge < -0.3 is 20.3 Å². The van der Waals surface area contributed by atoms with Crippen LogP contribution in [0.25, 0.3) is 0 Å². The first-order chi connectivity index (χ1) is 14.1. The van der Waals surface area contributed by atoms with Gasteiger partial charge in [0.1, 0.15) is 18.2 Å². The normalized spacial score (nSPS) is 15.8. The molecule has 5 nitrogen and oxygen atoms in total. The van der Waals surface area contributed by atoms with Gasteiger partial charge in [-0.25, -0.2) is 4.39 Å². The lowest BCUT2D eigenvalue weighted by Crippen LogP contribution is -2.43. The molecular formula is C22H22FN3O2S. The number of thioether (sulfide) groups is 1. The van der Waals surface area contributed by atoms with Crippen LogP contribution in [0.1, 0.15) is 5.56 Å². The fourth-order valence-corrected chi connectivity index (χ4v) is 3.71. The molecule has 0 fully saturated rings. The highest BCUT2D eigenvalue weighted by Crippen LogP contribution is 2.27. The van der Waals surface area contributed by atoms with Crippen molar-refractivity contribution in [1.29, 1.82) is 0 Å². The van der Waals surface area contributed by atoms with Crippen molar-refractivity contribution in [2.45, 2.75) is 11.4 Å². The SMILES string of the molecule is CSc1ccc(CNC(=O)C2=CC3=C(NC2)N(c2ccc(F)cc2)CCO3)cc1. The first kappa shape index (κ1) is 19.4. The van der Waals surface area contributed by atoms with Gasteiger partial charge in [0.2, 0.25) is 5.91 Å². The van der Waals surface area contributed by atoms with E-state index in [0.717, 1.165) is 17.1 Å². The van der Waals surface area contributed by atoms with Gasteiger partial charge in [0.25, 0.3) is 0 Å². The molecule has 2 aliphatic heterocycles. The predicted molar refractivity (Wildman–Crippen MR) is 113 cm³/mol. The fraction of sp³-hybridized carbons (Fsp3) is 0.227. The van der Waals surface area contributed by atoms with Crippen molar-refractivity contribution in [3.63, 3.8) is 0 Å². The second-order valence-electron chi connectivity index (χ2n) is 6.74. The van der Waals surface area contributed by atoms with Gasteiger partial charge in [-0.15, -0.1) is 11.8 Å². The number of hydrogen-bond acceptors (Lipinski definition) is 5. The summed E-state index contributed by atoms with van der Waals surface area (Å²) < 4.78 is 19.0. The Labute approximate surface area is 173 Å². The highest BCUT2D eigenvalue weighted by atomic mass is 32.2. The maximum atomic E-state index is 13.2. The van der Waals surface area contributed by atoms with E-state index in [2.05, 4.69) is 10.6 Å². The van der Waals surface area contributed by atoms with Gasteiger partial charge in [0.05, 0.1) is 6.54 Å². The second-order valence-corrected chi connectivity index (χ2v) is 7.62. The van der Waals surface area contributed by atoms with E-state index in [1.807, 2.05) is 35.4 Å². The minimum absolute atomic E-state index is 0.125. The Kier molecular flexibility index (Phi) is 5.76. The lowest BCUT2D eigenvalue weighted by atomic mass is 10.1. The molecule has 7 heteroatoms. The van der Waals surface area contributed by atoms with Gasteiger partial charge in [-0.3, -0.25) is 4.79 Å². The van der Waals surface area contributed by atoms with Crippen LogP contribution in [0.5, 0.6) is 0 Å². The van der Waals surface area contributed by atoms with Crippen LogP contribution in [0.2, 0.25) is 0 Å². The summed E-state index contributed by atoms with van der Waals surface area (Å²) in [6.45, 7) is 2.01. The molecular weight excluding hydrogens is 389 g/mol. The number of ether oxygens (including phenoxy) is 1. The average molecular weight is 412 g/mol. The number of benzene rings is 2. The van der Waals surface area contributed by atoms with Crippen molar-refractivity contribution in [2.24, 2.45) is 0 Å². The minimum Gasteiger partial charge on any atom is -0.488 e. The summed E-state index contributed by atoms with van der Waals surface area (Å²) in [4.78, 5) is 15.8. The molecule has 0 bridgehead atoms. The molecule has 2 aliphatic rings. The Hall–Kier alpha value is -2.93. The van der Waals surface area contributed by atoms with E-state index < -0.39 is 0 Å². The largest absolute Gasteiger partial charge is 0.488 e. The summed E-state index contributed by atoms with van der Waals surface area (Å²) in [7, 11) is 0. The zero-order valence-electron chi connectivity index (χ0n) is 16.1. The van der Waals surface area contributed by atoms with Gasteiger partial charge in [0, 0.05) is 29.2 Å². The van der Waals surface area contributed by atoms with E-state index in [4.69, 9.17) is 4.74 Å². The summed E-state index contributed by atoms with van der Waals surface area (Å²) in [5.74, 6) is 1.03. The monoisotopic (exact) mass is 411 g/mol. The number of rotatable bonds is 5. The van der Waals surface area contributed by atoms with Crippen LogP contribution in [0.4, 0.5) is 10.1 Å². The number of carbonyl (C=O) groups excluding carboxylic acids is 1. The standard InChI is InChI=1S/C22H22FN3O2S/c1-29-19-8-2-15(3-9-19)13-25-22(27)16-12-20-21(24-14-16)26(10-11-28-20)18-6-4-17(23)5-7-18/h2-9,12,24H,10-11,13-14H2,1H3,(H,25,27). The van der Waals surface area contributed by atoms with Crippen LogP contribution in [-0.4, -0.2) is 31.9 Å². The maximum absolute atomic E-state index is 13.2. The van der Waals surface area contributed by atoms with Crippen molar-refractivity contribution in [3.05, 3.63) is 83.1 Å². The Balaban J connectivity index is 1.45. The van der Waals surface area contributed by atoms with E-state index in [1.165, 1.54) is 17.0 Å². The van der Waals surface area contributed by atoms with Crippen molar-refractivity contribution in [2.75, 3.05) is 30.9 Å². The summed E-state index contributed by atoms with van der Waals surface area (Å²) in [6, 6.07) is 14.5. The second kappa shape index (κ2) is 8.61. The molecule has 2 aromatic rings. The van der Waals surface area contributed by atoms with Crippen LogP contribution in [0, 0.1) is 5.82 Å². The Bertz CT molecular complexity index is 955. The quantitative estimate of drug-likeness (QED) is 0.739. The van der Waals surface area contributed by atoms with E-state index in [9.17, 15) is 9.18 Å². The molecule has 0 radical (unpaired) electrons. The Morgan fingerprint density at radius 2 is 1.97 bits per heavy atom. The number of carbonyl (C=O) groups is 1. The van der Waals surface area contributed by atoms with Gasteiger partial charge in [0.15, 0.2) is 5.76 Å². The van der Waals surface area contributed by atoms with Crippen molar-refractivity contribution in [3.8, 4) is 0 Å². The molecule has 1 amide bonds. The molecule has 2 aromatic carbocycles. The summed E-state index contributed by atoms with van der Waals surface area (Å²) in [5, 5.41) is 6.25. The zero-order chi connectivity index (χ0) is 20.2.